The second-order valence-electron chi connectivity index (χ2n) is 5.67. The number of nitrogens with one attached hydrogen (secondary N) is 2. The lowest BCUT2D eigenvalue weighted by Gasteiger charge is -2.32. The number of anilines is 1. The van der Waals surface area contributed by atoms with Crippen molar-refractivity contribution in [1.82, 2.24) is 24.5 Å². The SMILES string of the molecule is O=c1[nH]nc2cc(NC3CCN4CCCCC34)ncn12. The Bertz CT molecular complexity index is 677. The van der Waals surface area contributed by atoms with Gasteiger partial charge in [0.1, 0.15) is 12.1 Å². The van der Waals surface area contributed by atoms with Crippen LogP contribution in [0.5, 0.6) is 0 Å². The van der Waals surface area contributed by atoms with Gasteiger partial charge in [-0.3, -0.25) is 4.90 Å². The molecule has 20 heavy (non-hydrogen) atoms. The summed E-state index contributed by atoms with van der Waals surface area (Å²) in [6.07, 6.45) is 6.59. The molecule has 0 radical (unpaired) electrons. The van der Waals surface area contributed by atoms with Crippen molar-refractivity contribution >= 4 is 11.5 Å². The fraction of sp³-hybridized carbons (Fsp3) is 0.615. The van der Waals surface area contributed by atoms with Crippen molar-refractivity contribution in [1.29, 1.82) is 0 Å². The van der Waals surface area contributed by atoms with E-state index in [1.807, 2.05) is 6.07 Å². The summed E-state index contributed by atoms with van der Waals surface area (Å²) in [5.74, 6) is 0.800. The van der Waals surface area contributed by atoms with Gasteiger partial charge < -0.3 is 5.32 Å². The first kappa shape index (κ1) is 11.9. The summed E-state index contributed by atoms with van der Waals surface area (Å²) in [6, 6.07) is 2.91. The minimum atomic E-state index is -0.252. The van der Waals surface area contributed by atoms with Crippen LogP contribution in [0.1, 0.15) is 25.7 Å². The number of piperidine rings is 1. The molecule has 0 saturated carbocycles. The third kappa shape index (κ3) is 1.89. The van der Waals surface area contributed by atoms with Gasteiger partial charge in [0.05, 0.1) is 0 Å². The maximum atomic E-state index is 11.4. The van der Waals surface area contributed by atoms with E-state index < -0.39 is 0 Å². The van der Waals surface area contributed by atoms with Gasteiger partial charge in [0.25, 0.3) is 0 Å². The molecule has 0 aliphatic carbocycles. The van der Waals surface area contributed by atoms with Gasteiger partial charge in [0.2, 0.25) is 0 Å². The molecule has 106 valence electrons. The highest BCUT2D eigenvalue weighted by Gasteiger charge is 2.35. The first-order chi connectivity index (χ1) is 9.81. The van der Waals surface area contributed by atoms with E-state index in [9.17, 15) is 4.79 Å². The van der Waals surface area contributed by atoms with Crippen LogP contribution in [-0.2, 0) is 0 Å². The third-order valence-corrected chi connectivity index (χ3v) is 4.50. The zero-order valence-corrected chi connectivity index (χ0v) is 11.2. The summed E-state index contributed by atoms with van der Waals surface area (Å²) in [5, 5.41) is 9.91. The number of aromatic amines is 1. The zero-order chi connectivity index (χ0) is 13.5. The lowest BCUT2D eigenvalue weighted by atomic mass is 9.99. The highest BCUT2D eigenvalue weighted by molar-refractivity contribution is 5.49. The van der Waals surface area contributed by atoms with E-state index in [2.05, 4.69) is 25.4 Å². The Balaban J connectivity index is 1.56. The minimum Gasteiger partial charge on any atom is -0.366 e. The maximum Gasteiger partial charge on any atom is 0.348 e. The lowest BCUT2D eigenvalue weighted by Crippen LogP contribution is -2.41. The number of nitrogens with zero attached hydrogens (tertiary/aromatic N) is 4. The second kappa shape index (κ2) is 4.59. The normalized spacial score (nSPS) is 26.8. The van der Waals surface area contributed by atoms with E-state index in [0.717, 1.165) is 12.2 Å². The molecule has 2 saturated heterocycles. The average Bonchev–Trinajstić information content (AvgIpc) is 3.04. The summed E-state index contributed by atoms with van der Waals surface area (Å²) >= 11 is 0. The molecule has 0 spiro atoms. The van der Waals surface area contributed by atoms with Gasteiger partial charge in [0, 0.05) is 24.7 Å². The Hall–Kier alpha value is -1.89. The van der Waals surface area contributed by atoms with Crippen molar-refractivity contribution in [3.8, 4) is 0 Å². The number of H-pyrrole nitrogens is 1. The zero-order valence-electron chi connectivity index (χ0n) is 11.2. The molecule has 2 N–H and O–H groups in total. The first-order valence-electron chi connectivity index (χ1n) is 7.25. The number of hydrogen-bond acceptors (Lipinski definition) is 5. The standard InChI is InChI=1S/C13H18N6O/c20-13-17-16-12-7-11(14-8-19(12)13)15-9-4-6-18-5-2-1-3-10(9)18/h7-10,15H,1-6H2,(H,17,20). The topological polar surface area (TPSA) is 78.3 Å². The van der Waals surface area contributed by atoms with Crippen LogP contribution in [0.15, 0.2) is 17.2 Å². The van der Waals surface area contributed by atoms with E-state index in [0.29, 0.717) is 17.7 Å². The molecule has 4 rings (SSSR count). The smallest absolute Gasteiger partial charge is 0.348 e. The van der Waals surface area contributed by atoms with E-state index in [4.69, 9.17) is 0 Å². The predicted octanol–water partition coefficient (Wildman–Crippen LogP) is 0.456. The van der Waals surface area contributed by atoms with Crippen molar-refractivity contribution < 1.29 is 0 Å². The summed E-state index contributed by atoms with van der Waals surface area (Å²) < 4.78 is 1.41. The average molecular weight is 274 g/mol. The van der Waals surface area contributed by atoms with Gasteiger partial charge in [-0.1, -0.05) is 6.42 Å². The fourth-order valence-corrected chi connectivity index (χ4v) is 3.49. The Morgan fingerprint density at radius 2 is 2.25 bits per heavy atom. The van der Waals surface area contributed by atoms with Crippen LogP contribution in [0, 0.1) is 0 Å². The molecule has 2 atom stereocenters. The molecule has 0 amide bonds. The van der Waals surface area contributed by atoms with E-state index in [1.54, 1.807) is 0 Å². The Kier molecular flexibility index (Phi) is 2.73. The molecule has 2 aromatic heterocycles. The molecule has 0 aromatic carbocycles. The van der Waals surface area contributed by atoms with Crippen molar-refractivity contribution in [3.05, 3.63) is 22.9 Å². The van der Waals surface area contributed by atoms with E-state index >= 15 is 0 Å². The van der Waals surface area contributed by atoms with E-state index in [1.165, 1.54) is 43.1 Å². The van der Waals surface area contributed by atoms with Crippen molar-refractivity contribution in [2.75, 3.05) is 18.4 Å². The summed E-state index contributed by atoms with van der Waals surface area (Å²) in [4.78, 5) is 18.3. The molecule has 0 bridgehead atoms. The summed E-state index contributed by atoms with van der Waals surface area (Å²) in [5.41, 5.74) is 0.351. The number of fused-ring (bicyclic) bond motifs is 2. The molecule has 7 nitrogen and oxygen atoms in total. The van der Waals surface area contributed by atoms with E-state index in [-0.39, 0.29) is 5.69 Å². The molecule has 4 heterocycles. The van der Waals surface area contributed by atoms with Gasteiger partial charge in [0.15, 0.2) is 5.65 Å². The molecule has 7 heteroatoms. The van der Waals surface area contributed by atoms with Crippen LogP contribution >= 0.6 is 0 Å². The van der Waals surface area contributed by atoms with Crippen LogP contribution in [0.3, 0.4) is 0 Å². The molecule has 2 aliphatic heterocycles. The number of hydrogen-bond donors (Lipinski definition) is 2. The third-order valence-electron chi connectivity index (χ3n) is 4.50. The summed E-state index contributed by atoms with van der Waals surface area (Å²) in [6.45, 7) is 2.40. The maximum absolute atomic E-state index is 11.4. The van der Waals surface area contributed by atoms with Gasteiger partial charge >= 0.3 is 5.69 Å². The molecular formula is C13H18N6O. The molecule has 2 fully saturated rings. The van der Waals surface area contributed by atoms with Crippen molar-refractivity contribution in [3.63, 3.8) is 0 Å². The predicted molar refractivity (Wildman–Crippen MR) is 74.8 cm³/mol. The monoisotopic (exact) mass is 274 g/mol. The minimum absolute atomic E-state index is 0.252. The molecule has 2 unspecified atom stereocenters. The fourth-order valence-electron chi connectivity index (χ4n) is 3.49. The van der Waals surface area contributed by atoms with Gasteiger partial charge in [-0.15, -0.1) is 0 Å². The summed E-state index contributed by atoms with van der Waals surface area (Å²) in [7, 11) is 0. The van der Waals surface area contributed by atoms with Crippen molar-refractivity contribution in [2.45, 2.75) is 37.8 Å². The number of aromatic nitrogens is 4. The Morgan fingerprint density at radius 1 is 1.30 bits per heavy atom. The quantitative estimate of drug-likeness (QED) is 0.831. The highest BCUT2D eigenvalue weighted by atomic mass is 16.1. The van der Waals surface area contributed by atoms with Crippen LogP contribution in [0.4, 0.5) is 5.82 Å². The van der Waals surface area contributed by atoms with Gasteiger partial charge in [-0.25, -0.2) is 19.3 Å². The molecule has 2 aliphatic rings. The van der Waals surface area contributed by atoms with Crippen LogP contribution in [0.25, 0.3) is 5.65 Å². The molecular weight excluding hydrogens is 256 g/mol. The van der Waals surface area contributed by atoms with Crippen LogP contribution in [-0.4, -0.2) is 49.7 Å². The van der Waals surface area contributed by atoms with Gasteiger partial charge in [-0.05, 0) is 25.8 Å². The van der Waals surface area contributed by atoms with Crippen LogP contribution < -0.4 is 11.0 Å². The highest BCUT2D eigenvalue weighted by Crippen LogP contribution is 2.28. The Morgan fingerprint density at radius 3 is 3.20 bits per heavy atom. The van der Waals surface area contributed by atoms with Gasteiger partial charge in [-0.2, -0.15) is 5.10 Å². The van der Waals surface area contributed by atoms with Crippen molar-refractivity contribution in [2.24, 2.45) is 0 Å². The largest absolute Gasteiger partial charge is 0.366 e. The second-order valence-corrected chi connectivity index (χ2v) is 5.67. The van der Waals surface area contributed by atoms with Crippen LogP contribution in [0.2, 0.25) is 0 Å². The number of rotatable bonds is 2. The Labute approximate surface area is 116 Å². The first-order valence-corrected chi connectivity index (χ1v) is 7.25. The molecule has 2 aromatic rings. The lowest BCUT2D eigenvalue weighted by molar-refractivity contribution is 0.192.